The minimum Gasteiger partial charge on any atom is -0.494 e. The molecular weight excluding hydrogens is 307 g/mol. The van der Waals surface area contributed by atoms with Crippen LogP contribution in [-0.4, -0.2) is 43.1 Å². The lowest BCUT2D eigenvalue weighted by atomic mass is 10.0. The van der Waals surface area contributed by atoms with E-state index in [0.717, 1.165) is 38.4 Å². The van der Waals surface area contributed by atoms with Crippen LogP contribution in [0.15, 0.2) is 24.3 Å². The lowest BCUT2D eigenvalue weighted by molar-refractivity contribution is -0.132. The van der Waals surface area contributed by atoms with E-state index < -0.39 is 0 Å². The van der Waals surface area contributed by atoms with Crippen molar-refractivity contribution in [2.45, 2.75) is 44.6 Å². The second-order valence-corrected chi connectivity index (χ2v) is 6.91. The standard InChI is InChI=1S/C19H27FN2O2/c20-16-5-7-18(8-6-16)24-13-1-2-19(23)22-11-9-17(10-12-22)21-14-15-3-4-15/h5-8,15,17,21H,1-4,9-14H2. The molecule has 1 heterocycles. The van der Waals surface area contributed by atoms with Gasteiger partial charge in [0.2, 0.25) is 5.91 Å². The molecule has 3 rings (SSSR count). The van der Waals surface area contributed by atoms with Gasteiger partial charge < -0.3 is 15.0 Å². The predicted molar refractivity (Wildman–Crippen MR) is 91.5 cm³/mol. The first-order valence-electron chi connectivity index (χ1n) is 9.10. The fraction of sp³-hybridized carbons (Fsp3) is 0.632. The highest BCUT2D eigenvalue weighted by molar-refractivity contribution is 5.76. The van der Waals surface area contributed by atoms with E-state index >= 15 is 0 Å². The molecule has 1 amide bonds. The van der Waals surface area contributed by atoms with Gasteiger partial charge in [-0.15, -0.1) is 0 Å². The number of carbonyl (C=O) groups excluding carboxylic acids is 1. The maximum atomic E-state index is 12.8. The van der Waals surface area contributed by atoms with Crippen LogP contribution in [0.2, 0.25) is 0 Å². The summed E-state index contributed by atoms with van der Waals surface area (Å²) in [4.78, 5) is 14.2. The number of likely N-dealkylation sites (tertiary alicyclic amines) is 1. The van der Waals surface area contributed by atoms with Crippen LogP contribution < -0.4 is 10.1 Å². The number of nitrogens with zero attached hydrogens (tertiary/aromatic N) is 1. The summed E-state index contributed by atoms with van der Waals surface area (Å²) in [5.74, 6) is 1.50. The number of benzene rings is 1. The zero-order valence-electron chi connectivity index (χ0n) is 14.2. The molecule has 0 aromatic heterocycles. The molecular formula is C19H27FN2O2. The summed E-state index contributed by atoms with van der Waals surface area (Å²) in [5, 5.41) is 3.63. The number of halogens is 1. The van der Waals surface area contributed by atoms with E-state index in [1.54, 1.807) is 12.1 Å². The molecule has 132 valence electrons. The van der Waals surface area contributed by atoms with Gasteiger partial charge in [-0.1, -0.05) is 0 Å². The minimum absolute atomic E-state index is 0.221. The van der Waals surface area contributed by atoms with Crippen LogP contribution in [0.5, 0.6) is 5.75 Å². The Hall–Kier alpha value is -1.62. The molecule has 1 aliphatic heterocycles. The Labute approximate surface area is 143 Å². The maximum absolute atomic E-state index is 12.8. The molecule has 1 aliphatic carbocycles. The summed E-state index contributed by atoms with van der Waals surface area (Å²) in [6.07, 6.45) is 6.08. The van der Waals surface area contributed by atoms with E-state index in [1.807, 2.05) is 4.90 Å². The van der Waals surface area contributed by atoms with E-state index in [0.29, 0.717) is 31.2 Å². The summed E-state index contributed by atoms with van der Waals surface area (Å²) in [6.45, 7) is 3.36. The maximum Gasteiger partial charge on any atom is 0.222 e. The lowest BCUT2D eigenvalue weighted by Crippen LogP contribution is -2.45. The van der Waals surface area contributed by atoms with E-state index in [-0.39, 0.29) is 11.7 Å². The second kappa shape index (κ2) is 8.47. The van der Waals surface area contributed by atoms with Gasteiger partial charge in [0.15, 0.2) is 0 Å². The Morgan fingerprint density at radius 1 is 1.17 bits per heavy atom. The molecule has 0 unspecified atom stereocenters. The van der Waals surface area contributed by atoms with E-state index in [4.69, 9.17) is 4.74 Å². The molecule has 4 nitrogen and oxygen atoms in total. The van der Waals surface area contributed by atoms with Gasteiger partial charge in [-0.05, 0) is 68.8 Å². The summed E-state index contributed by atoms with van der Waals surface area (Å²) < 4.78 is 18.3. The Bertz CT molecular complexity index is 523. The molecule has 2 fully saturated rings. The highest BCUT2D eigenvalue weighted by Crippen LogP contribution is 2.28. The third kappa shape index (κ3) is 5.48. The number of nitrogens with one attached hydrogen (secondary N) is 1. The first-order chi connectivity index (χ1) is 11.7. The fourth-order valence-electron chi connectivity index (χ4n) is 3.09. The van der Waals surface area contributed by atoms with Gasteiger partial charge >= 0.3 is 0 Å². The van der Waals surface area contributed by atoms with E-state index in [1.165, 1.54) is 25.0 Å². The molecule has 1 aromatic carbocycles. The number of rotatable bonds is 8. The van der Waals surface area contributed by atoms with Crippen LogP contribution in [0, 0.1) is 11.7 Å². The van der Waals surface area contributed by atoms with Crippen LogP contribution in [0.3, 0.4) is 0 Å². The van der Waals surface area contributed by atoms with Crippen molar-refractivity contribution in [3.63, 3.8) is 0 Å². The number of amides is 1. The molecule has 1 N–H and O–H groups in total. The van der Waals surface area contributed by atoms with Crippen molar-refractivity contribution in [2.75, 3.05) is 26.2 Å². The molecule has 0 radical (unpaired) electrons. The first-order valence-corrected chi connectivity index (χ1v) is 9.10. The number of piperidine rings is 1. The van der Waals surface area contributed by atoms with Crippen LogP contribution in [0.1, 0.15) is 38.5 Å². The molecule has 1 saturated heterocycles. The fourth-order valence-corrected chi connectivity index (χ4v) is 3.09. The average Bonchev–Trinajstić information content (AvgIpc) is 3.43. The van der Waals surface area contributed by atoms with Crippen LogP contribution in [-0.2, 0) is 4.79 Å². The SMILES string of the molecule is O=C(CCCOc1ccc(F)cc1)N1CCC(NCC2CC2)CC1. The van der Waals surface area contributed by atoms with Gasteiger partial charge in [-0.2, -0.15) is 0 Å². The number of hydrogen-bond donors (Lipinski definition) is 1. The zero-order valence-corrected chi connectivity index (χ0v) is 14.2. The van der Waals surface area contributed by atoms with Gasteiger partial charge in [-0.25, -0.2) is 4.39 Å². The smallest absolute Gasteiger partial charge is 0.222 e. The molecule has 0 bridgehead atoms. The van der Waals surface area contributed by atoms with E-state index in [9.17, 15) is 9.18 Å². The Morgan fingerprint density at radius 2 is 1.88 bits per heavy atom. The summed E-state index contributed by atoms with van der Waals surface area (Å²) >= 11 is 0. The van der Waals surface area contributed by atoms with Crippen molar-refractivity contribution in [1.29, 1.82) is 0 Å². The van der Waals surface area contributed by atoms with Gasteiger partial charge in [-0.3, -0.25) is 4.79 Å². The van der Waals surface area contributed by atoms with Gasteiger partial charge in [0.25, 0.3) is 0 Å². The molecule has 5 heteroatoms. The summed E-state index contributed by atoms with van der Waals surface area (Å²) in [5.41, 5.74) is 0. The van der Waals surface area contributed by atoms with Crippen molar-refractivity contribution in [2.24, 2.45) is 5.92 Å². The molecule has 24 heavy (non-hydrogen) atoms. The van der Waals surface area contributed by atoms with Crippen LogP contribution in [0.25, 0.3) is 0 Å². The quantitative estimate of drug-likeness (QED) is 0.743. The van der Waals surface area contributed by atoms with Crippen LogP contribution >= 0.6 is 0 Å². The zero-order chi connectivity index (χ0) is 16.8. The second-order valence-electron chi connectivity index (χ2n) is 6.91. The number of carbonyl (C=O) groups is 1. The van der Waals surface area contributed by atoms with Crippen molar-refractivity contribution < 1.29 is 13.9 Å². The van der Waals surface area contributed by atoms with Crippen molar-refractivity contribution >= 4 is 5.91 Å². The highest BCUT2D eigenvalue weighted by atomic mass is 19.1. The number of hydrogen-bond acceptors (Lipinski definition) is 3. The molecule has 1 saturated carbocycles. The molecule has 0 atom stereocenters. The topological polar surface area (TPSA) is 41.6 Å². The third-order valence-corrected chi connectivity index (χ3v) is 4.86. The molecule has 0 spiro atoms. The minimum atomic E-state index is -0.271. The summed E-state index contributed by atoms with van der Waals surface area (Å²) in [7, 11) is 0. The van der Waals surface area contributed by atoms with Crippen molar-refractivity contribution in [3.05, 3.63) is 30.1 Å². The molecule has 1 aromatic rings. The first kappa shape index (κ1) is 17.2. The number of ether oxygens (including phenoxy) is 1. The largest absolute Gasteiger partial charge is 0.494 e. The highest BCUT2D eigenvalue weighted by Gasteiger charge is 2.25. The van der Waals surface area contributed by atoms with Crippen molar-refractivity contribution in [1.82, 2.24) is 10.2 Å². The predicted octanol–water partition coefficient (Wildman–Crippen LogP) is 2.98. The Balaban J connectivity index is 1.27. The normalized spacial score (nSPS) is 18.6. The monoisotopic (exact) mass is 334 g/mol. The third-order valence-electron chi connectivity index (χ3n) is 4.86. The van der Waals surface area contributed by atoms with Gasteiger partial charge in [0, 0.05) is 25.6 Å². The lowest BCUT2D eigenvalue weighted by Gasteiger charge is -2.32. The van der Waals surface area contributed by atoms with Gasteiger partial charge in [0.1, 0.15) is 11.6 Å². The van der Waals surface area contributed by atoms with Crippen molar-refractivity contribution in [3.8, 4) is 5.75 Å². The Morgan fingerprint density at radius 3 is 2.54 bits per heavy atom. The average molecular weight is 334 g/mol. The summed E-state index contributed by atoms with van der Waals surface area (Å²) in [6, 6.07) is 6.55. The van der Waals surface area contributed by atoms with Gasteiger partial charge in [0.05, 0.1) is 6.61 Å². The van der Waals surface area contributed by atoms with Crippen LogP contribution in [0.4, 0.5) is 4.39 Å². The van der Waals surface area contributed by atoms with E-state index in [2.05, 4.69) is 5.32 Å². The Kier molecular flexibility index (Phi) is 6.07. The molecule has 2 aliphatic rings.